The Kier molecular flexibility index (Phi) is 2.44. The SMILES string of the molecule is CC#[N+]C(N)=NO. The Morgan fingerprint density at radius 2 is 2.57 bits per heavy atom. The minimum Gasteiger partial charge on any atom is -0.340 e. The molecule has 0 heterocycles. The first-order chi connectivity index (χ1) is 3.31. The molecule has 0 aliphatic heterocycles. The number of hydrogen-bond donors (Lipinski definition) is 2. The molecule has 0 rings (SSSR count). The maximum absolute atomic E-state index is 7.80. The Bertz CT molecular complexity index is 129. The van der Waals surface area contributed by atoms with E-state index >= 15 is 0 Å². The van der Waals surface area contributed by atoms with Crippen molar-refractivity contribution in [1.29, 1.82) is 0 Å². The molecule has 4 nitrogen and oxygen atoms in total. The molecule has 7 heavy (non-hydrogen) atoms. The molecule has 0 aromatic carbocycles. The van der Waals surface area contributed by atoms with Crippen molar-refractivity contribution in [1.82, 2.24) is 0 Å². The van der Waals surface area contributed by atoms with Crippen LogP contribution in [0.15, 0.2) is 5.16 Å². The van der Waals surface area contributed by atoms with E-state index in [9.17, 15) is 0 Å². The molecule has 0 bridgehead atoms. The van der Waals surface area contributed by atoms with Crippen molar-refractivity contribution < 1.29 is 5.21 Å². The fourth-order valence-electron chi connectivity index (χ4n) is 0.137. The molecule has 3 N–H and O–H groups in total. The van der Waals surface area contributed by atoms with E-state index in [-0.39, 0.29) is 5.96 Å². The number of hydrogen-bond acceptors (Lipinski definition) is 2. The Labute approximate surface area is 41.1 Å². The van der Waals surface area contributed by atoms with E-state index < -0.39 is 0 Å². The topological polar surface area (TPSA) is 63.0 Å². The van der Waals surface area contributed by atoms with E-state index in [1.807, 2.05) is 0 Å². The zero-order chi connectivity index (χ0) is 5.70. The molecule has 0 aromatic rings. The Hall–Kier alpha value is -1.24. The largest absolute Gasteiger partial charge is 0.523 e. The minimum absolute atomic E-state index is 0.178. The molecular weight excluding hydrogens is 94.1 g/mol. The molecule has 0 aliphatic rings. The van der Waals surface area contributed by atoms with Gasteiger partial charge in [-0.3, -0.25) is 5.73 Å². The molecule has 0 amide bonds. The highest BCUT2D eigenvalue weighted by Crippen LogP contribution is 1.64. The molecule has 0 unspecified atom stereocenters. The second-order valence-electron chi connectivity index (χ2n) is 0.794. The normalized spacial score (nSPS) is 9.57. The van der Waals surface area contributed by atoms with E-state index in [0.717, 1.165) is 0 Å². The summed E-state index contributed by atoms with van der Waals surface area (Å²) in [5.74, 6) is -0.178. The lowest BCUT2D eigenvalue weighted by atomic mass is 10.9. The van der Waals surface area contributed by atoms with Gasteiger partial charge in [0.15, 0.2) is 0 Å². The van der Waals surface area contributed by atoms with Crippen LogP contribution in [0.25, 0.3) is 4.85 Å². The van der Waals surface area contributed by atoms with E-state index in [2.05, 4.69) is 16.1 Å². The molecule has 0 saturated heterocycles. The van der Waals surface area contributed by atoms with Gasteiger partial charge in [-0.05, 0) is 0 Å². The van der Waals surface area contributed by atoms with Crippen molar-refractivity contribution in [3.05, 3.63) is 4.85 Å². The van der Waals surface area contributed by atoms with Crippen LogP contribution < -0.4 is 5.73 Å². The number of nitrogens with zero attached hydrogens (tertiary/aromatic N) is 2. The van der Waals surface area contributed by atoms with Gasteiger partial charge in [0.05, 0.1) is 0 Å². The van der Waals surface area contributed by atoms with Gasteiger partial charge in [-0.15, -0.1) is 0 Å². The van der Waals surface area contributed by atoms with E-state index in [1.165, 1.54) is 0 Å². The first-order valence-electron chi connectivity index (χ1n) is 1.66. The number of guanidine groups is 1. The maximum Gasteiger partial charge on any atom is 0.523 e. The summed E-state index contributed by atoms with van der Waals surface area (Å²) in [4.78, 5) is 3.27. The summed E-state index contributed by atoms with van der Waals surface area (Å²) in [5.41, 5.74) is 4.85. The predicted octanol–water partition coefficient (Wildman–Crippen LogP) is 0.0431. The quantitative estimate of drug-likeness (QED) is 0.195. The molecule has 0 aliphatic carbocycles. The molecule has 0 atom stereocenters. The number of oxime groups is 1. The van der Waals surface area contributed by atoms with Crippen molar-refractivity contribution in [2.24, 2.45) is 10.9 Å². The highest BCUT2D eigenvalue weighted by Gasteiger charge is 1.91. The fraction of sp³-hybridized carbons (Fsp3) is 0.333. The molecule has 0 spiro atoms. The molecule has 0 aromatic heterocycles. The third-order valence-corrected chi connectivity index (χ3v) is 0.329. The zero-order valence-electron chi connectivity index (χ0n) is 3.92. The van der Waals surface area contributed by atoms with E-state index in [0.29, 0.717) is 0 Å². The van der Waals surface area contributed by atoms with Gasteiger partial charge in [0, 0.05) is 6.92 Å². The van der Waals surface area contributed by atoms with Crippen molar-refractivity contribution >= 4 is 5.96 Å². The first-order valence-corrected chi connectivity index (χ1v) is 1.66. The monoisotopic (exact) mass is 100 g/mol. The number of rotatable bonds is 0. The highest BCUT2D eigenvalue weighted by atomic mass is 16.4. The van der Waals surface area contributed by atoms with Crippen LogP contribution in [0.2, 0.25) is 0 Å². The molecule has 38 valence electrons. The summed E-state index contributed by atoms with van der Waals surface area (Å²) in [6, 6.07) is 2.33. The van der Waals surface area contributed by atoms with Gasteiger partial charge in [-0.25, -0.2) is 0 Å². The third-order valence-electron chi connectivity index (χ3n) is 0.329. The molecule has 0 fully saturated rings. The van der Waals surface area contributed by atoms with Gasteiger partial charge >= 0.3 is 5.96 Å². The summed E-state index contributed by atoms with van der Waals surface area (Å²) in [6.45, 7) is 1.55. The summed E-state index contributed by atoms with van der Waals surface area (Å²) >= 11 is 0. The van der Waals surface area contributed by atoms with Gasteiger partial charge in [0.1, 0.15) is 11.2 Å². The van der Waals surface area contributed by atoms with Gasteiger partial charge in [0.25, 0.3) is 0 Å². The average molecular weight is 100 g/mol. The predicted molar refractivity (Wildman–Crippen MR) is 26.3 cm³/mol. The Balaban J connectivity index is 3.75. The lowest BCUT2D eigenvalue weighted by Gasteiger charge is -1.62. The molecular formula is C3H6N3O+. The van der Waals surface area contributed by atoms with E-state index in [1.54, 1.807) is 6.92 Å². The Morgan fingerprint density at radius 3 is 2.71 bits per heavy atom. The van der Waals surface area contributed by atoms with Crippen molar-refractivity contribution in [2.45, 2.75) is 6.92 Å². The van der Waals surface area contributed by atoms with Gasteiger partial charge in [-0.1, -0.05) is 0 Å². The average Bonchev–Trinajstić information content (AvgIpc) is 1.68. The highest BCUT2D eigenvalue weighted by molar-refractivity contribution is 5.87. The summed E-state index contributed by atoms with van der Waals surface area (Å²) in [5, 5.41) is 10.3. The molecule has 0 saturated carbocycles. The standard InChI is InChI=1S/C3H5N3O/c1-2-5-3(4)6-7/h1H3,(H2-,4,6,7)/p+1. The van der Waals surface area contributed by atoms with Crippen molar-refractivity contribution in [3.8, 4) is 6.07 Å². The summed E-state index contributed by atoms with van der Waals surface area (Å²) < 4.78 is 0. The lowest BCUT2D eigenvalue weighted by Crippen LogP contribution is -2.04. The Morgan fingerprint density at radius 1 is 2.00 bits per heavy atom. The van der Waals surface area contributed by atoms with Gasteiger partial charge in [-0.2, -0.15) is 4.85 Å². The van der Waals surface area contributed by atoms with Crippen LogP contribution in [-0.2, 0) is 0 Å². The molecule has 0 radical (unpaired) electrons. The fourth-order valence-corrected chi connectivity index (χ4v) is 0.137. The van der Waals surface area contributed by atoms with Gasteiger partial charge < -0.3 is 5.21 Å². The summed E-state index contributed by atoms with van der Waals surface area (Å²) in [7, 11) is 0. The summed E-state index contributed by atoms with van der Waals surface area (Å²) in [6.07, 6.45) is 0. The molecule has 4 heteroatoms. The lowest BCUT2D eigenvalue weighted by molar-refractivity contribution is 0.319. The van der Waals surface area contributed by atoms with Crippen LogP contribution in [0, 0.1) is 6.07 Å². The second kappa shape index (κ2) is 2.97. The van der Waals surface area contributed by atoms with Crippen LogP contribution in [0.5, 0.6) is 0 Å². The third kappa shape index (κ3) is 2.56. The van der Waals surface area contributed by atoms with Crippen LogP contribution in [0.3, 0.4) is 0 Å². The second-order valence-corrected chi connectivity index (χ2v) is 0.794. The van der Waals surface area contributed by atoms with Crippen LogP contribution in [0.1, 0.15) is 6.92 Å². The van der Waals surface area contributed by atoms with Crippen LogP contribution >= 0.6 is 0 Å². The van der Waals surface area contributed by atoms with Crippen LogP contribution in [-0.4, -0.2) is 11.2 Å². The smallest absolute Gasteiger partial charge is 0.340 e. The van der Waals surface area contributed by atoms with Crippen LogP contribution in [0.4, 0.5) is 0 Å². The minimum atomic E-state index is -0.178. The van der Waals surface area contributed by atoms with E-state index in [4.69, 9.17) is 10.9 Å². The zero-order valence-corrected chi connectivity index (χ0v) is 3.92. The number of nitrogens with two attached hydrogens (primary N) is 1. The van der Waals surface area contributed by atoms with Crippen molar-refractivity contribution in [3.63, 3.8) is 0 Å². The van der Waals surface area contributed by atoms with Crippen molar-refractivity contribution in [2.75, 3.05) is 0 Å². The maximum atomic E-state index is 7.80. The first kappa shape index (κ1) is 5.76. The van der Waals surface area contributed by atoms with Gasteiger partial charge in [0.2, 0.25) is 0 Å².